The molecule has 1 heterocycles. The van der Waals surface area contributed by atoms with Crippen molar-refractivity contribution in [1.82, 2.24) is 9.97 Å². The molecule has 1 aliphatic rings. The van der Waals surface area contributed by atoms with Crippen molar-refractivity contribution in [2.75, 3.05) is 17.3 Å². The van der Waals surface area contributed by atoms with Gasteiger partial charge in [-0.25, -0.2) is 10.8 Å². The molecule has 76 valence electrons. The minimum absolute atomic E-state index is 0.587. The number of aromatic nitrogens is 2. The van der Waals surface area contributed by atoms with Crippen LogP contribution in [0, 0.1) is 5.92 Å². The number of hydrogen-bond donors (Lipinski definition) is 3. The monoisotopic (exact) mass is 193 g/mol. The van der Waals surface area contributed by atoms with Crippen LogP contribution in [0.1, 0.15) is 19.3 Å². The predicted molar refractivity (Wildman–Crippen MR) is 55.7 cm³/mol. The van der Waals surface area contributed by atoms with E-state index >= 15 is 0 Å². The lowest BCUT2D eigenvalue weighted by Crippen LogP contribution is -2.21. The number of nitrogens with one attached hydrogen (secondary N) is 2. The Morgan fingerprint density at radius 2 is 2.14 bits per heavy atom. The summed E-state index contributed by atoms with van der Waals surface area (Å²) in [7, 11) is 0. The molecule has 0 unspecified atom stereocenters. The van der Waals surface area contributed by atoms with Crippen LogP contribution in [0.3, 0.4) is 0 Å². The molecule has 1 fully saturated rings. The average Bonchev–Trinajstić information content (AvgIpc) is 2.16. The third-order valence-corrected chi connectivity index (χ3v) is 2.58. The first kappa shape index (κ1) is 9.21. The Kier molecular flexibility index (Phi) is 2.78. The van der Waals surface area contributed by atoms with Gasteiger partial charge in [0.25, 0.3) is 0 Å². The van der Waals surface area contributed by atoms with E-state index in [2.05, 4.69) is 20.7 Å². The Morgan fingerprint density at radius 3 is 2.79 bits per heavy atom. The van der Waals surface area contributed by atoms with E-state index in [0.717, 1.165) is 18.3 Å². The third kappa shape index (κ3) is 2.11. The van der Waals surface area contributed by atoms with Gasteiger partial charge in [0.2, 0.25) is 0 Å². The van der Waals surface area contributed by atoms with Gasteiger partial charge in [0.05, 0.1) is 12.4 Å². The van der Waals surface area contributed by atoms with Gasteiger partial charge in [-0.3, -0.25) is 4.98 Å². The number of anilines is 2. The second-order valence-corrected chi connectivity index (χ2v) is 3.61. The van der Waals surface area contributed by atoms with Gasteiger partial charge in [-0.1, -0.05) is 6.42 Å². The Bertz CT molecular complexity index is 297. The molecule has 14 heavy (non-hydrogen) atoms. The average molecular weight is 193 g/mol. The van der Waals surface area contributed by atoms with Crippen molar-refractivity contribution in [2.45, 2.75) is 19.3 Å². The normalized spacial score (nSPS) is 16.1. The van der Waals surface area contributed by atoms with Crippen molar-refractivity contribution in [3.05, 3.63) is 12.4 Å². The van der Waals surface area contributed by atoms with Crippen molar-refractivity contribution in [3.8, 4) is 0 Å². The molecule has 5 nitrogen and oxygen atoms in total. The van der Waals surface area contributed by atoms with Crippen LogP contribution in [0.2, 0.25) is 0 Å². The summed E-state index contributed by atoms with van der Waals surface area (Å²) in [5.74, 6) is 7.41. The molecule has 1 aliphatic carbocycles. The molecule has 1 aromatic rings. The standard InChI is InChI=1S/C9H15N5/c10-14-9-6-11-5-8(13-9)12-4-7-2-1-3-7/h5-7H,1-4,10H2,(H2,12,13,14). The third-order valence-electron chi connectivity index (χ3n) is 2.58. The van der Waals surface area contributed by atoms with Gasteiger partial charge in [0.15, 0.2) is 5.82 Å². The van der Waals surface area contributed by atoms with E-state index in [1.165, 1.54) is 19.3 Å². The highest BCUT2D eigenvalue weighted by Gasteiger charge is 2.16. The van der Waals surface area contributed by atoms with Crippen LogP contribution in [0.15, 0.2) is 12.4 Å². The largest absolute Gasteiger partial charge is 0.368 e. The molecule has 0 saturated heterocycles. The molecular formula is C9H15N5. The topological polar surface area (TPSA) is 75.9 Å². The Hall–Kier alpha value is -1.36. The maximum atomic E-state index is 5.23. The maximum Gasteiger partial charge on any atom is 0.160 e. The molecule has 0 aliphatic heterocycles. The van der Waals surface area contributed by atoms with Crippen LogP contribution < -0.4 is 16.6 Å². The van der Waals surface area contributed by atoms with E-state index in [0.29, 0.717) is 5.82 Å². The summed E-state index contributed by atoms with van der Waals surface area (Å²) in [6.07, 6.45) is 7.32. The second-order valence-electron chi connectivity index (χ2n) is 3.61. The molecule has 2 rings (SSSR count). The van der Waals surface area contributed by atoms with E-state index in [-0.39, 0.29) is 0 Å². The van der Waals surface area contributed by atoms with Crippen molar-refractivity contribution in [1.29, 1.82) is 0 Å². The molecule has 0 bridgehead atoms. The van der Waals surface area contributed by atoms with E-state index < -0.39 is 0 Å². The van der Waals surface area contributed by atoms with Gasteiger partial charge in [0.1, 0.15) is 5.82 Å². The smallest absolute Gasteiger partial charge is 0.160 e. The first-order valence-corrected chi connectivity index (χ1v) is 4.91. The summed E-state index contributed by atoms with van der Waals surface area (Å²) in [6.45, 7) is 0.989. The fraction of sp³-hybridized carbons (Fsp3) is 0.556. The van der Waals surface area contributed by atoms with Gasteiger partial charge >= 0.3 is 0 Å². The fourth-order valence-electron chi connectivity index (χ4n) is 1.47. The Morgan fingerprint density at radius 1 is 1.36 bits per heavy atom. The van der Waals surface area contributed by atoms with Crippen molar-refractivity contribution >= 4 is 11.6 Å². The quantitative estimate of drug-likeness (QED) is 0.491. The van der Waals surface area contributed by atoms with Crippen molar-refractivity contribution < 1.29 is 0 Å². The lowest BCUT2D eigenvalue weighted by Gasteiger charge is -2.25. The minimum atomic E-state index is 0.587. The molecule has 0 spiro atoms. The zero-order valence-corrected chi connectivity index (χ0v) is 8.03. The van der Waals surface area contributed by atoms with Gasteiger partial charge in [0, 0.05) is 6.54 Å². The zero-order chi connectivity index (χ0) is 9.80. The fourth-order valence-corrected chi connectivity index (χ4v) is 1.47. The summed E-state index contributed by atoms with van der Waals surface area (Å²) < 4.78 is 0. The number of nitrogens with zero attached hydrogens (tertiary/aromatic N) is 2. The molecular weight excluding hydrogens is 178 g/mol. The number of hydrazine groups is 1. The molecule has 4 N–H and O–H groups in total. The Labute approximate surface area is 83.1 Å². The lowest BCUT2D eigenvalue weighted by atomic mass is 9.85. The van der Waals surface area contributed by atoms with Gasteiger partial charge < -0.3 is 10.7 Å². The molecule has 0 radical (unpaired) electrons. The molecule has 5 heteroatoms. The minimum Gasteiger partial charge on any atom is -0.368 e. The van der Waals surface area contributed by atoms with E-state index in [1.807, 2.05) is 0 Å². The molecule has 1 saturated carbocycles. The van der Waals surface area contributed by atoms with E-state index in [1.54, 1.807) is 12.4 Å². The van der Waals surface area contributed by atoms with Crippen LogP contribution in [-0.2, 0) is 0 Å². The number of nitrogen functional groups attached to an aromatic ring is 1. The molecule has 1 aromatic heterocycles. The van der Waals surface area contributed by atoms with Gasteiger partial charge in [-0.15, -0.1) is 0 Å². The van der Waals surface area contributed by atoms with Crippen LogP contribution in [0.25, 0.3) is 0 Å². The number of rotatable bonds is 4. The van der Waals surface area contributed by atoms with Gasteiger partial charge in [-0.05, 0) is 18.8 Å². The highest BCUT2D eigenvalue weighted by atomic mass is 15.3. The SMILES string of the molecule is NNc1cncc(NCC2CCC2)n1. The summed E-state index contributed by atoms with van der Waals surface area (Å²) >= 11 is 0. The lowest BCUT2D eigenvalue weighted by molar-refractivity contribution is 0.333. The van der Waals surface area contributed by atoms with E-state index in [9.17, 15) is 0 Å². The molecule has 0 atom stereocenters. The Balaban J connectivity index is 1.87. The highest BCUT2D eigenvalue weighted by Crippen LogP contribution is 2.26. The summed E-state index contributed by atoms with van der Waals surface area (Å²) in [5, 5.41) is 3.25. The van der Waals surface area contributed by atoms with Crippen LogP contribution in [0.5, 0.6) is 0 Å². The van der Waals surface area contributed by atoms with Crippen molar-refractivity contribution in [3.63, 3.8) is 0 Å². The molecule has 0 aromatic carbocycles. The van der Waals surface area contributed by atoms with E-state index in [4.69, 9.17) is 5.84 Å². The second kappa shape index (κ2) is 4.23. The molecule has 0 amide bonds. The number of hydrogen-bond acceptors (Lipinski definition) is 5. The van der Waals surface area contributed by atoms with Crippen LogP contribution >= 0.6 is 0 Å². The van der Waals surface area contributed by atoms with Gasteiger partial charge in [-0.2, -0.15) is 0 Å². The summed E-state index contributed by atoms with van der Waals surface area (Å²) in [6, 6.07) is 0. The summed E-state index contributed by atoms with van der Waals surface area (Å²) in [5.41, 5.74) is 2.47. The predicted octanol–water partition coefficient (Wildman–Crippen LogP) is 0.974. The first-order valence-electron chi connectivity index (χ1n) is 4.91. The number of nitrogens with two attached hydrogens (primary N) is 1. The van der Waals surface area contributed by atoms with Crippen LogP contribution in [-0.4, -0.2) is 16.5 Å². The summed E-state index contributed by atoms with van der Waals surface area (Å²) in [4.78, 5) is 8.22. The maximum absolute atomic E-state index is 5.23. The zero-order valence-electron chi connectivity index (χ0n) is 8.03. The van der Waals surface area contributed by atoms with Crippen LogP contribution in [0.4, 0.5) is 11.6 Å². The van der Waals surface area contributed by atoms with Crippen molar-refractivity contribution in [2.24, 2.45) is 11.8 Å². The first-order chi connectivity index (χ1) is 6.88. The highest BCUT2D eigenvalue weighted by molar-refractivity contribution is 5.40.